The number of benzene rings is 1. The van der Waals surface area contributed by atoms with Gasteiger partial charge in [-0.3, -0.25) is 3.89 Å². The van der Waals surface area contributed by atoms with Crippen LogP contribution in [0.3, 0.4) is 0 Å². The van der Waals surface area contributed by atoms with Crippen LogP contribution in [0.1, 0.15) is 25.3 Å². The molecule has 0 aromatic heterocycles. The van der Waals surface area contributed by atoms with E-state index in [9.17, 15) is 9.90 Å². The molecule has 0 saturated carbocycles. The van der Waals surface area contributed by atoms with Crippen LogP contribution in [-0.2, 0) is 4.74 Å². The van der Waals surface area contributed by atoms with E-state index >= 15 is 0 Å². The zero-order valence-corrected chi connectivity index (χ0v) is 13.5. The van der Waals surface area contributed by atoms with Crippen molar-refractivity contribution in [2.75, 3.05) is 38.7 Å². The summed E-state index contributed by atoms with van der Waals surface area (Å²) in [6.45, 7) is 7.74. The lowest BCUT2D eigenvalue weighted by atomic mass is 10.0. The van der Waals surface area contributed by atoms with Gasteiger partial charge in [0.15, 0.2) is 0 Å². The number of hydrogen-bond donors (Lipinski definition) is 1. The zero-order chi connectivity index (χ0) is 15.5. The molecule has 6 heteroatoms. The predicted molar refractivity (Wildman–Crippen MR) is 82.1 cm³/mol. The average molecular weight is 310 g/mol. The number of rotatable bonds is 4. The molecule has 1 fully saturated rings. The molecule has 5 nitrogen and oxygen atoms in total. The molecule has 1 N–H and O–H groups in total. The van der Waals surface area contributed by atoms with E-state index in [2.05, 4.69) is 26.2 Å². The summed E-state index contributed by atoms with van der Waals surface area (Å²) in [4.78, 5) is 11.9. The first-order valence-electron chi connectivity index (χ1n) is 7.13. The van der Waals surface area contributed by atoms with Crippen LogP contribution in [0.5, 0.6) is 0 Å². The number of ether oxygens (including phenoxy) is 1. The molecular weight excluding hydrogens is 288 g/mol. The molecule has 116 valence electrons. The minimum Gasteiger partial charge on any atom is -0.530 e. The number of nitrogens with zero attached hydrogens (tertiary/aromatic N) is 1. The highest BCUT2D eigenvalue weighted by Gasteiger charge is 2.29. The summed E-state index contributed by atoms with van der Waals surface area (Å²) < 4.78 is 6.31. The molecule has 0 bridgehead atoms. The van der Waals surface area contributed by atoms with Crippen LogP contribution in [0, 0.1) is 0 Å². The summed E-state index contributed by atoms with van der Waals surface area (Å²) in [7, 11) is 2.21. The van der Waals surface area contributed by atoms with Crippen LogP contribution in [0.2, 0.25) is 0 Å². The number of likely N-dealkylation sites (N-methyl/N-ethyl adjacent to an activating group) is 1. The zero-order valence-electron chi connectivity index (χ0n) is 12.7. The predicted octanol–water partition coefficient (Wildman–Crippen LogP) is 2.05. The van der Waals surface area contributed by atoms with Gasteiger partial charge in [0.1, 0.15) is 31.1 Å². The fourth-order valence-corrected chi connectivity index (χ4v) is 3.67. The van der Waals surface area contributed by atoms with Crippen molar-refractivity contribution in [2.45, 2.75) is 24.7 Å². The summed E-state index contributed by atoms with van der Waals surface area (Å²) in [5, 5.41) is 13.0. The van der Waals surface area contributed by atoms with Crippen LogP contribution in [0.4, 0.5) is 10.5 Å². The maximum absolute atomic E-state index is 10.7. The average Bonchev–Trinajstić information content (AvgIpc) is 2.40. The van der Waals surface area contributed by atoms with Crippen LogP contribution in [-0.4, -0.2) is 43.3 Å². The van der Waals surface area contributed by atoms with E-state index in [-0.39, 0.29) is 0 Å². The molecule has 1 aliphatic heterocycles. The number of anilines is 1. The molecule has 1 saturated heterocycles. The first kappa shape index (κ1) is 16.1. The fourth-order valence-electron chi connectivity index (χ4n) is 2.34. The van der Waals surface area contributed by atoms with Crippen molar-refractivity contribution in [3.8, 4) is 0 Å². The molecular formula is C15H22N2O3S. The highest BCUT2D eigenvalue weighted by molar-refractivity contribution is 7.93. The maximum Gasteiger partial charge on any atom is 0.138 e. The Kier molecular flexibility index (Phi) is 5.13. The first-order chi connectivity index (χ1) is 9.89. The third-order valence-corrected chi connectivity index (χ3v) is 4.99. The van der Waals surface area contributed by atoms with Crippen molar-refractivity contribution in [2.24, 2.45) is 0 Å². The van der Waals surface area contributed by atoms with Gasteiger partial charge in [-0.25, -0.2) is 0 Å². The van der Waals surface area contributed by atoms with Crippen LogP contribution >= 0.6 is 11.9 Å². The molecule has 1 aromatic carbocycles. The molecule has 0 aliphatic carbocycles. The lowest BCUT2D eigenvalue weighted by Crippen LogP contribution is -2.46. The molecule has 0 atom stereocenters. The first-order valence-corrected chi connectivity index (χ1v) is 7.91. The number of carbonyl (C=O) groups is 1. The monoisotopic (exact) mass is 310 g/mol. The molecule has 0 unspecified atom stereocenters. The number of quaternary nitrogens is 1. The molecule has 21 heavy (non-hydrogen) atoms. The molecule has 1 heterocycles. The van der Waals surface area contributed by atoms with Crippen molar-refractivity contribution in [1.29, 1.82) is 0 Å². The number of amides is 1. The highest BCUT2D eigenvalue weighted by atomic mass is 32.2. The Morgan fingerprint density at radius 1 is 1.38 bits per heavy atom. The van der Waals surface area contributed by atoms with Gasteiger partial charge in [0.2, 0.25) is 0 Å². The molecule has 1 aromatic rings. The van der Waals surface area contributed by atoms with Crippen LogP contribution < -0.4 is 10.4 Å². The van der Waals surface area contributed by atoms with Crippen molar-refractivity contribution >= 4 is 23.7 Å². The normalized spacial score (nSPS) is 17.7. The van der Waals surface area contributed by atoms with Gasteiger partial charge >= 0.3 is 0 Å². The largest absolute Gasteiger partial charge is 0.530 e. The Balaban J connectivity index is 2.23. The fraction of sp³-hybridized carbons (Fsp3) is 0.533. The van der Waals surface area contributed by atoms with E-state index in [1.165, 1.54) is 4.90 Å². The Labute approximate surface area is 130 Å². The van der Waals surface area contributed by atoms with Gasteiger partial charge in [0.25, 0.3) is 0 Å². The second-order valence-electron chi connectivity index (χ2n) is 5.77. The topological polar surface area (TPSA) is 61.4 Å². The van der Waals surface area contributed by atoms with Gasteiger partial charge in [0.05, 0.1) is 25.2 Å². The summed E-state index contributed by atoms with van der Waals surface area (Å²) in [5.74, 6) is 0.323. The third-order valence-electron chi connectivity index (χ3n) is 3.61. The maximum atomic E-state index is 10.7. The standard InChI is InChI=1S/C15H22N2O3S/c1-11(2)13-10-12(16-15(18)19)4-5-14(13)21-17(3)6-8-20-9-7-17/h4-5,10-11,16H,6-9H2,1-3H3. The van der Waals surface area contributed by atoms with E-state index < -0.39 is 6.09 Å². The van der Waals surface area contributed by atoms with Crippen molar-refractivity contribution in [3.63, 3.8) is 0 Å². The minimum atomic E-state index is -1.28. The summed E-state index contributed by atoms with van der Waals surface area (Å²) >= 11 is 1.82. The Bertz CT molecular complexity index is 514. The number of morpholine rings is 1. The lowest BCUT2D eigenvalue weighted by molar-refractivity contribution is -0.784. The molecule has 2 rings (SSSR count). The highest BCUT2D eigenvalue weighted by Crippen LogP contribution is 2.36. The van der Waals surface area contributed by atoms with Crippen molar-refractivity contribution in [1.82, 2.24) is 0 Å². The summed E-state index contributed by atoms with van der Waals surface area (Å²) in [5.41, 5.74) is 1.71. The second-order valence-corrected chi connectivity index (χ2v) is 7.27. The van der Waals surface area contributed by atoms with E-state index in [1.54, 1.807) is 6.07 Å². The van der Waals surface area contributed by atoms with Gasteiger partial charge in [-0.2, -0.15) is 0 Å². The van der Waals surface area contributed by atoms with Gasteiger partial charge in [-0.15, -0.1) is 0 Å². The van der Waals surface area contributed by atoms with Gasteiger partial charge in [0, 0.05) is 5.69 Å². The minimum absolute atomic E-state index is 0.323. The Morgan fingerprint density at radius 2 is 2.05 bits per heavy atom. The quantitative estimate of drug-likeness (QED) is 0.683. The van der Waals surface area contributed by atoms with Gasteiger partial charge in [-0.05, 0) is 29.7 Å². The van der Waals surface area contributed by atoms with Crippen molar-refractivity contribution in [3.05, 3.63) is 23.8 Å². The SMILES string of the molecule is CC(C)c1cc(NC(=O)[O-])ccc1S[N+]1(C)CCOCC1. The van der Waals surface area contributed by atoms with E-state index in [4.69, 9.17) is 4.74 Å². The Morgan fingerprint density at radius 3 is 2.62 bits per heavy atom. The Hall–Kier alpha value is -1.24. The number of carboxylic acid groups (broad SMARTS) is 1. The molecule has 1 aliphatic rings. The van der Waals surface area contributed by atoms with Gasteiger partial charge < -0.3 is 20.0 Å². The second kappa shape index (κ2) is 6.68. The summed E-state index contributed by atoms with van der Waals surface area (Å²) in [6.07, 6.45) is -1.28. The number of carbonyl (C=O) groups excluding carboxylic acids is 1. The van der Waals surface area contributed by atoms with Gasteiger partial charge in [-0.1, -0.05) is 13.8 Å². The van der Waals surface area contributed by atoms with Crippen LogP contribution in [0.25, 0.3) is 0 Å². The van der Waals surface area contributed by atoms with Crippen molar-refractivity contribution < 1.29 is 18.5 Å². The van der Waals surface area contributed by atoms with E-state index in [1.807, 2.05) is 24.1 Å². The molecule has 0 spiro atoms. The van der Waals surface area contributed by atoms with E-state index in [0.717, 1.165) is 35.8 Å². The molecule has 0 radical (unpaired) electrons. The lowest BCUT2D eigenvalue weighted by Gasteiger charge is -2.35. The number of hydrogen-bond acceptors (Lipinski definition) is 4. The van der Waals surface area contributed by atoms with E-state index in [0.29, 0.717) is 11.6 Å². The third kappa shape index (κ3) is 4.36. The number of nitrogens with one attached hydrogen (secondary N) is 1. The summed E-state index contributed by atoms with van der Waals surface area (Å²) in [6, 6.07) is 5.68. The smallest absolute Gasteiger partial charge is 0.138 e. The molecule has 1 amide bonds. The van der Waals surface area contributed by atoms with Crippen LogP contribution in [0.15, 0.2) is 23.1 Å².